The van der Waals surface area contributed by atoms with Gasteiger partial charge < -0.3 is 14.8 Å². The van der Waals surface area contributed by atoms with Gasteiger partial charge in [0.05, 0.1) is 18.0 Å². The average molecular weight is 424 g/mol. The zero-order chi connectivity index (χ0) is 20.5. The number of thiophene rings is 1. The van der Waals surface area contributed by atoms with Crippen LogP contribution in [-0.4, -0.2) is 30.9 Å². The first-order valence-corrected chi connectivity index (χ1v) is 9.95. The molecule has 0 saturated heterocycles. The van der Waals surface area contributed by atoms with Crippen LogP contribution < -0.4 is 10.1 Å². The van der Waals surface area contributed by atoms with Crippen molar-refractivity contribution >= 4 is 40.6 Å². The van der Waals surface area contributed by atoms with Crippen molar-refractivity contribution in [3.8, 4) is 5.75 Å². The molecule has 0 aliphatic carbocycles. The Bertz CT molecular complexity index is 849. The van der Waals surface area contributed by atoms with Crippen molar-refractivity contribution in [2.45, 2.75) is 33.2 Å². The Morgan fingerprint density at radius 1 is 1.18 bits per heavy atom. The lowest BCUT2D eigenvalue weighted by molar-refractivity contribution is -0.142. The molecule has 2 aromatic rings. The molecule has 0 atom stereocenters. The number of esters is 1. The number of aryl methyl sites for hydroxylation is 1. The van der Waals surface area contributed by atoms with Gasteiger partial charge in [-0.3, -0.25) is 14.4 Å². The van der Waals surface area contributed by atoms with Gasteiger partial charge in [0.15, 0.2) is 6.61 Å². The Hall–Kier alpha value is -2.38. The quantitative estimate of drug-likeness (QED) is 0.355. The molecule has 1 heterocycles. The first-order chi connectivity index (χ1) is 13.3. The van der Waals surface area contributed by atoms with E-state index in [1.807, 2.05) is 13.0 Å². The standard InChI is InChI=1S/C20H22ClNO5S/c1-13-10-15(21)5-7-18(13)26-9-3-4-20(25)27-12-17(24)19-8-6-16(28-19)11-22-14(2)23/h5-8,10H,3-4,9,11-12H2,1-2H3,(H,22,23). The second-order valence-corrected chi connectivity index (χ2v) is 7.73. The molecular weight excluding hydrogens is 402 g/mol. The Morgan fingerprint density at radius 3 is 2.68 bits per heavy atom. The first-order valence-electron chi connectivity index (χ1n) is 8.76. The molecule has 0 aliphatic rings. The zero-order valence-electron chi connectivity index (χ0n) is 15.7. The summed E-state index contributed by atoms with van der Waals surface area (Å²) in [7, 11) is 0. The molecule has 1 aromatic carbocycles. The molecule has 1 amide bonds. The number of amides is 1. The minimum atomic E-state index is -0.445. The van der Waals surface area contributed by atoms with Crippen LogP contribution in [0.1, 0.15) is 39.9 Å². The van der Waals surface area contributed by atoms with Crippen molar-refractivity contribution in [1.82, 2.24) is 5.32 Å². The number of hydrogen-bond acceptors (Lipinski definition) is 6. The van der Waals surface area contributed by atoms with E-state index in [1.54, 1.807) is 24.3 Å². The van der Waals surface area contributed by atoms with Gasteiger partial charge in [-0.15, -0.1) is 11.3 Å². The lowest BCUT2D eigenvalue weighted by Crippen LogP contribution is -2.18. The number of carbonyl (C=O) groups excluding carboxylic acids is 3. The molecular formula is C20H22ClNO5S. The Labute approximate surface area is 172 Å². The molecule has 0 fully saturated rings. The van der Waals surface area contributed by atoms with Crippen molar-refractivity contribution in [2.75, 3.05) is 13.2 Å². The summed E-state index contributed by atoms with van der Waals surface area (Å²) in [6.07, 6.45) is 0.646. The molecule has 8 heteroatoms. The van der Waals surface area contributed by atoms with Crippen LogP contribution in [0.5, 0.6) is 5.75 Å². The fourth-order valence-electron chi connectivity index (χ4n) is 2.30. The van der Waals surface area contributed by atoms with Gasteiger partial charge in [-0.1, -0.05) is 11.6 Å². The minimum absolute atomic E-state index is 0.134. The van der Waals surface area contributed by atoms with Crippen molar-refractivity contribution in [3.63, 3.8) is 0 Å². The third-order valence-corrected chi connectivity index (χ3v) is 5.09. The second-order valence-electron chi connectivity index (χ2n) is 6.12. The van der Waals surface area contributed by atoms with Crippen LogP contribution in [0.4, 0.5) is 0 Å². The lowest BCUT2D eigenvalue weighted by atomic mass is 10.2. The van der Waals surface area contributed by atoms with E-state index in [-0.39, 0.29) is 24.7 Å². The molecule has 0 saturated carbocycles. The van der Waals surface area contributed by atoms with Crippen LogP contribution in [0.25, 0.3) is 0 Å². The van der Waals surface area contributed by atoms with E-state index in [4.69, 9.17) is 21.1 Å². The van der Waals surface area contributed by atoms with Gasteiger partial charge >= 0.3 is 5.97 Å². The summed E-state index contributed by atoms with van der Waals surface area (Å²) < 4.78 is 10.7. The van der Waals surface area contributed by atoms with Gasteiger partial charge in [-0.05, 0) is 49.2 Å². The van der Waals surface area contributed by atoms with E-state index in [9.17, 15) is 14.4 Å². The predicted octanol–water partition coefficient (Wildman–Crippen LogP) is 3.93. The Kier molecular flexibility index (Phi) is 8.47. The smallest absolute Gasteiger partial charge is 0.306 e. The molecule has 0 radical (unpaired) electrons. The summed E-state index contributed by atoms with van der Waals surface area (Å²) in [5, 5.41) is 3.31. The van der Waals surface area contributed by atoms with Crippen LogP contribution in [0, 0.1) is 6.92 Å². The molecule has 6 nitrogen and oxygen atoms in total. The van der Waals surface area contributed by atoms with Crippen LogP contribution in [0.2, 0.25) is 5.02 Å². The third kappa shape index (κ3) is 7.32. The second kappa shape index (κ2) is 10.8. The third-order valence-electron chi connectivity index (χ3n) is 3.73. The number of ketones is 1. The molecule has 150 valence electrons. The summed E-state index contributed by atoms with van der Waals surface area (Å²) in [6, 6.07) is 8.78. The molecule has 2 rings (SSSR count). The number of rotatable bonds is 10. The number of ether oxygens (including phenoxy) is 2. The van der Waals surface area contributed by atoms with Crippen LogP contribution in [0.3, 0.4) is 0 Å². The molecule has 0 aliphatic heterocycles. The maximum Gasteiger partial charge on any atom is 0.306 e. The van der Waals surface area contributed by atoms with Gasteiger partial charge in [0.25, 0.3) is 0 Å². The van der Waals surface area contributed by atoms with Crippen LogP contribution in [-0.2, 0) is 20.9 Å². The van der Waals surface area contributed by atoms with Crippen molar-refractivity contribution in [3.05, 3.63) is 50.7 Å². The highest BCUT2D eigenvalue weighted by Gasteiger charge is 2.13. The van der Waals surface area contributed by atoms with Gasteiger partial charge in [-0.25, -0.2) is 0 Å². The first kappa shape index (κ1) is 21.9. The van der Waals surface area contributed by atoms with Gasteiger partial charge in [-0.2, -0.15) is 0 Å². The van der Waals surface area contributed by atoms with E-state index in [0.717, 1.165) is 16.2 Å². The highest BCUT2D eigenvalue weighted by atomic mass is 35.5. The Balaban J connectivity index is 1.66. The van der Waals surface area contributed by atoms with Gasteiger partial charge in [0, 0.05) is 23.2 Å². The summed E-state index contributed by atoms with van der Waals surface area (Å²) in [4.78, 5) is 36.1. The predicted molar refractivity (Wildman–Crippen MR) is 108 cm³/mol. The summed E-state index contributed by atoms with van der Waals surface area (Å²) in [5.74, 6) is -0.119. The highest BCUT2D eigenvalue weighted by molar-refractivity contribution is 7.14. The van der Waals surface area contributed by atoms with Crippen LogP contribution in [0.15, 0.2) is 30.3 Å². The van der Waals surface area contributed by atoms with Gasteiger partial charge in [0.1, 0.15) is 5.75 Å². The van der Waals surface area contributed by atoms with E-state index in [1.165, 1.54) is 18.3 Å². The number of Topliss-reactive ketones (excluding diaryl/α,β-unsaturated/α-hetero) is 1. The number of halogens is 1. The molecule has 28 heavy (non-hydrogen) atoms. The monoisotopic (exact) mass is 423 g/mol. The lowest BCUT2D eigenvalue weighted by Gasteiger charge is -2.09. The van der Waals surface area contributed by atoms with E-state index >= 15 is 0 Å². The molecule has 0 spiro atoms. The highest BCUT2D eigenvalue weighted by Crippen LogP contribution is 2.22. The van der Waals surface area contributed by atoms with Crippen molar-refractivity contribution in [2.24, 2.45) is 0 Å². The maximum absolute atomic E-state index is 12.1. The number of benzene rings is 1. The van der Waals surface area contributed by atoms with E-state index in [2.05, 4.69) is 5.32 Å². The fraction of sp³-hybridized carbons (Fsp3) is 0.350. The summed E-state index contributed by atoms with van der Waals surface area (Å²) >= 11 is 7.16. The zero-order valence-corrected chi connectivity index (χ0v) is 17.3. The summed E-state index contributed by atoms with van der Waals surface area (Å²) in [6.45, 7) is 3.77. The Morgan fingerprint density at radius 2 is 1.96 bits per heavy atom. The fourth-order valence-corrected chi connectivity index (χ4v) is 3.40. The van der Waals surface area contributed by atoms with Crippen molar-refractivity contribution in [1.29, 1.82) is 0 Å². The van der Waals surface area contributed by atoms with E-state index in [0.29, 0.717) is 29.5 Å². The normalized spacial score (nSPS) is 10.4. The average Bonchev–Trinajstić information content (AvgIpc) is 3.12. The minimum Gasteiger partial charge on any atom is -0.493 e. The number of nitrogens with one attached hydrogen (secondary N) is 1. The largest absolute Gasteiger partial charge is 0.493 e. The molecule has 0 unspecified atom stereocenters. The van der Waals surface area contributed by atoms with E-state index < -0.39 is 5.97 Å². The SMILES string of the molecule is CC(=O)NCc1ccc(C(=O)COC(=O)CCCOc2ccc(Cl)cc2C)s1. The molecule has 1 N–H and O–H groups in total. The number of carbonyl (C=O) groups is 3. The van der Waals surface area contributed by atoms with Crippen LogP contribution >= 0.6 is 22.9 Å². The molecule has 0 bridgehead atoms. The van der Waals surface area contributed by atoms with Crippen molar-refractivity contribution < 1.29 is 23.9 Å². The number of hydrogen-bond donors (Lipinski definition) is 1. The molecule has 1 aromatic heterocycles. The summed E-state index contributed by atoms with van der Waals surface area (Å²) in [5.41, 5.74) is 0.925. The topological polar surface area (TPSA) is 81.7 Å². The maximum atomic E-state index is 12.1. The van der Waals surface area contributed by atoms with Gasteiger partial charge in [0.2, 0.25) is 11.7 Å².